The van der Waals surface area contributed by atoms with Gasteiger partial charge in [0.05, 0.1) is 0 Å². The molecular formula is C8H15Br. The van der Waals surface area contributed by atoms with Gasteiger partial charge in [0.15, 0.2) is 0 Å². The van der Waals surface area contributed by atoms with Gasteiger partial charge in [-0.3, -0.25) is 0 Å². The van der Waals surface area contributed by atoms with Crippen molar-refractivity contribution in [1.82, 2.24) is 0 Å². The smallest absolute Gasteiger partial charge is 0.0258 e. The van der Waals surface area contributed by atoms with Crippen molar-refractivity contribution in [3.05, 3.63) is 0 Å². The van der Waals surface area contributed by atoms with Gasteiger partial charge in [-0.05, 0) is 19.3 Å². The molecule has 9 heavy (non-hydrogen) atoms. The summed E-state index contributed by atoms with van der Waals surface area (Å²) in [5, 5.41) is 0. The van der Waals surface area contributed by atoms with E-state index in [0.717, 1.165) is 0 Å². The van der Waals surface area contributed by atoms with Crippen LogP contribution in [0.1, 0.15) is 45.4 Å². The van der Waals surface area contributed by atoms with Crippen LogP contribution in [0, 0.1) is 0 Å². The minimum atomic E-state index is 0.586. The van der Waals surface area contributed by atoms with E-state index in [1.54, 1.807) is 0 Å². The van der Waals surface area contributed by atoms with Gasteiger partial charge in [0.2, 0.25) is 0 Å². The van der Waals surface area contributed by atoms with Gasteiger partial charge in [-0.25, -0.2) is 0 Å². The minimum Gasteiger partial charge on any atom is -0.0853 e. The van der Waals surface area contributed by atoms with Crippen LogP contribution in [0.3, 0.4) is 0 Å². The Labute approximate surface area is 66.2 Å². The molecule has 0 aromatic rings. The molecule has 1 fully saturated rings. The fourth-order valence-corrected chi connectivity index (χ4v) is 2.15. The summed E-state index contributed by atoms with van der Waals surface area (Å²) in [5.74, 6) is 0. The number of unbranched alkanes of at least 4 members (excludes halogenated alkanes) is 1. The Balaban J connectivity index is 2.09. The van der Waals surface area contributed by atoms with Gasteiger partial charge in [0, 0.05) is 4.32 Å². The number of rotatable bonds is 3. The average Bonchev–Trinajstić information content (AvgIpc) is 1.79. The largest absolute Gasteiger partial charge is 0.0853 e. The third kappa shape index (κ3) is 1.96. The Morgan fingerprint density at radius 2 is 2.11 bits per heavy atom. The topological polar surface area (TPSA) is 0 Å². The summed E-state index contributed by atoms with van der Waals surface area (Å²) in [4.78, 5) is 0. The highest BCUT2D eigenvalue weighted by Gasteiger charge is 2.32. The van der Waals surface area contributed by atoms with Crippen molar-refractivity contribution >= 4 is 15.9 Å². The van der Waals surface area contributed by atoms with Crippen LogP contribution >= 0.6 is 15.9 Å². The van der Waals surface area contributed by atoms with E-state index in [9.17, 15) is 0 Å². The van der Waals surface area contributed by atoms with Crippen molar-refractivity contribution in [2.45, 2.75) is 49.8 Å². The summed E-state index contributed by atoms with van der Waals surface area (Å²) in [5.41, 5.74) is 0. The van der Waals surface area contributed by atoms with E-state index >= 15 is 0 Å². The lowest BCUT2D eigenvalue weighted by Crippen LogP contribution is -2.29. The predicted octanol–water partition coefficient (Wildman–Crippen LogP) is 3.49. The summed E-state index contributed by atoms with van der Waals surface area (Å²) in [6.07, 6.45) is 8.39. The van der Waals surface area contributed by atoms with Crippen molar-refractivity contribution in [2.75, 3.05) is 0 Å². The first kappa shape index (κ1) is 7.59. The molecule has 0 radical (unpaired) electrons. The summed E-state index contributed by atoms with van der Waals surface area (Å²) in [7, 11) is 0. The monoisotopic (exact) mass is 190 g/mol. The minimum absolute atomic E-state index is 0.586. The molecule has 1 heteroatoms. The zero-order valence-electron chi connectivity index (χ0n) is 6.12. The number of hydrogen-bond donors (Lipinski definition) is 0. The Hall–Kier alpha value is 0.480. The first-order valence-electron chi connectivity index (χ1n) is 3.96. The number of hydrogen-bond acceptors (Lipinski definition) is 0. The molecule has 0 saturated heterocycles. The van der Waals surface area contributed by atoms with Crippen molar-refractivity contribution in [3.8, 4) is 0 Å². The van der Waals surface area contributed by atoms with E-state index in [2.05, 4.69) is 22.9 Å². The molecule has 0 aromatic heterocycles. The third-order valence-corrected chi connectivity index (χ3v) is 3.42. The fourth-order valence-electron chi connectivity index (χ4n) is 1.30. The van der Waals surface area contributed by atoms with E-state index in [4.69, 9.17) is 0 Å². The van der Waals surface area contributed by atoms with Gasteiger partial charge < -0.3 is 0 Å². The zero-order chi connectivity index (χ0) is 6.74. The summed E-state index contributed by atoms with van der Waals surface area (Å²) in [6.45, 7) is 2.26. The first-order chi connectivity index (χ1) is 4.27. The van der Waals surface area contributed by atoms with Gasteiger partial charge in [0.25, 0.3) is 0 Å². The molecule has 54 valence electrons. The molecule has 0 atom stereocenters. The molecule has 1 aliphatic rings. The molecule has 0 amide bonds. The summed E-state index contributed by atoms with van der Waals surface area (Å²) in [6, 6.07) is 0. The normalized spacial score (nSPS) is 23.3. The first-order valence-corrected chi connectivity index (χ1v) is 4.75. The average molecular weight is 191 g/mol. The maximum absolute atomic E-state index is 3.77. The van der Waals surface area contributed by atoms with Crippen LogP contribution in [0.2, 0.25) is 0 Å². The Morgan fingerprint density at radius 3 is 2.44 bits per heavy atom. The molecule has 0 heterocycles. The van der Waals surface area contributed by atoms with Crippen LogP contribution in [0.5, 0.6) is 0 Å². The van der Waals surface area contributed by atoms with E-state index in [0.29, 0.717) is 4.32 Å². The van der Waals surface area contributed by atoms with Crippen LogP contribution in [-0.4, -0.2) is 4.32 Å². The van der Waals surface area contributed by atoms with Crippen LogP contribution in [-0.2, 0) is 0 Å². The van der Waals surface area contributed by atoms with Crippen LogP contribution in [0.4, 0.5) is 0 Å². The summed E-state index contributed by atoms with van der Waals surface area (Å²) >= 11 is 3.77. The summed E-state index contributed by atoms with van der Waals surface area (Å²) < 4.78 is 0.586. The van der Waals surface area contributed by atoms with Gasteiger partial charge >= 0.3 is 0 Å². The molecule has 1 saturated carbocycles. The van der Waals surface area contributed by atoms with E-state index < -0.39 is 0 Å². The SMILES string of the molecule is CCCCC1(Br)CCC1. The van der Waals surface area contributed by atoms with Crippen molar-refractivity contribution in [2.24, 2.45) is 0 Å². The van der Waals surface area contributed by atoms with Gasteiger partial charge in [-0.2, -0.15) is 0 Å². The molecular weight excluding hydrogens is 176 g/mol. The molecule has 0 aliphatic heterocycles. The molecule has 0 N–H and O–H groups in total. The lowest BCUT2D eigenvalue weighted by molar-refractivity contribution is 0.343. The van der Waals surface area contributed by atoms with E-state index in [-0.39, 0.29) is 0 Å². The van der Waals surface area contributed by atoms with Crippen molar-refractivity contribution < 1.29 is 0 Å². The molecule has 0 aromatic carbocycles. The molecule has 1 rings (SSSR count). The Kier molecular flexibility index (Phi) is 2.57. The molecule has 0 nitrogen and oxygen atoms in total. The van der Waals surface area contributed by atoms with Crippen LogP contribution in [0.25, 0.3) is 0 Å². The maximum atomic E-state index is 3.77. The van der Waals surface area contributed by atoms with Gasteiger partial charge in [-0.15, -0.1) is 0 Å². The van der Waals surface area contributed by atoms with Crippen molar-refractivity contribution in [1.29, 1.82) is 0 Å². The third-order valence-electron chi connectivity index (χ3n) is 2.23. The highest BCUT2D eigenvalue weighted by atomic mass is 79.9. The second-order valence-corrected chi connectivity index (χ2v) is 4.79. The van der Waals surface area contributed by atoms with E-state index in [1.807, 2.05) is 0 Å². The van der Waals surface area contributed by atoms with Gasteiger partial charge in [0.1, 0.15) is 0 Å². The number of alkyl halides is 1. The quantitative estimate of drug-likeness (QED) is 0.599. The standard InChI is InChI=1S/C8H15Br/c1-2-3-5-8(9)6-4-7-8/h2-7H2,1H3. The highest BCUT2D eigenvalue weighted by molar-refractivity contribution is 9.10. The lowest BCUT2D eigenvalue weighted by atomic mass is 9.81. The second kappa shape index (κ2) is 3.05. The van der Waals surface area contributed by atoms with Crippen molar-refractivity contribution in [3.63, 3.8) is 0 Å². The maximum Gasteiger partial charge on any atom is 0.0258 e. The second-order valence-electron chi connectivity index (χ2n) is 3.11. The number of halogens is 1. The zero-order valence-corrected chi connectivity index (χ0v) is 7.71. The lowest BCUT2D eigenvalue weighted by Gasteiger charge is -2.36. The van der Waals surface area contributed by atoms with Gasteiger partial charge in [-0.1, -0.05) is 42.1 Å². The van der Waals surface area contributed by atoms with Crippen LogP contribution in [0.15, 0.2) is 0 Å². The fraction of sp³-hybridized carbons (Fsp3) is 1.00. The Morgan fingerprint density at radius 1 is 1.44 bits per heavy atom. The molecule has 0 spiro atoms. The van der Waals surface area contributed by atoms with E-state index in [1.165, 1.54) is 38.5 Å². The highest BCUT2D eigenvalue weighted by Crippen LogP contribution is 2.43. The molecule has 1 aliphatic carbocycles. The predicted molar refractivity (Wildman–Crippen MR) is 45.0 cm³/mol. The molecule has 0 bridgehead atoms. The molecule has 0 unspecified atom stereocenters. The van der Waals surface area contributed by atoms with Crippen LogP contribution < -0.4 is 0 Å². The Bertz CT molecular complexity index is 84.6.